The third-order valence-electron chi connectivity index (χ3n) is 4.91. The van der Waals surface area contributed by atoms with Gasteiger partial charge in [-0.05, 0) is 25.3 Å². The fourth-order valence-electron chi connectivity index (χ4n) is 3.45. The van der Waals surface area contributed by atoms with Gasteiger partial charge in [-0.15, -0.1) is 0 Å². The van der Waals surface area contributed by atoms with E-state index < -0.39 is 5.60 Å². The molecule has 0 spiro atoms. The van der Waals surface area contributed by atoms with Crippen LogP contribution < -0.4 is 5.32 Å². The summed E-state index contributed by atoms with van der Waals surface area (Å²) in [7, 11) is 1.85. The van der Waals surface area contributed by atoms with E-state index in [0.717, 1.165) is 17.8 Å². The molecule has 1 aliphatic heterocycles. The highest BCUT2D eigenvalue weighted by molar-refractivity contribution is 5.86. The SMILES string of the molecule is Cc1cccc(CN2CCCC(O)(CNCCc3ncnn3C)C2=O)c1. The summed E-state index contributed by atoms with van der Waals surface area (Å²) in [5.74, 6) is 0.692. The van der Waals surface area contributed by atoms with E-state index in [9.17, 15) is 9.90 Å². The number of carbonyl (C=O) groups is 1. The van der Waals surface area contributed by atoms with Gasteiger partial charge in [0.1, 0.15) is 12.2 Å². The van der Waals surface area contributed by atoms with E-state index >= 15 is 0 Å². The molecule has 1 saturated heterocycles. The van der Waals surface area contributed by atoms with E-state index in [1.807, 2.05) is 32.2 Å². The molecule has 0 saturated carbocycles. The van der Waals surface area contributed by atoms with Crippen LogP contribution in [0, 0.1) is 6.92 Å². The normalized spacial score (nSPS) is 20.6. The number of aliphatic hydroxyl groups is 1. The van der Waals surface area contributed by atoms with E-state index in [2.05, 4.69) is 21.5 Å². The fraction of sp³-hybridized carbons (Fsp3) is 0.526. The zero-order valence-electron chi connectivity index (χ0n) is 15.5. The van der Waals surface area contributed by atoms with Crippen LogP contribution in [-0.4, -0.2) is 55.9 Å². The van der Waals surface area contributed by atoms with Crippen molar-refractivity contribution in [2.24, 2.45) is 7.05 Å². The summed E-state index contributed by atoms with van der Waals surface area (Å²) in [5, 5.41) is 18.1. The molecule has 0 aliphatic carbocycles. The minimum atomic E-state index is -1.33. The number of likely N-dealkylation sites (tertiary alicyclic amines) is 1. The van der Waals surface area contributed by atoms with Crippen molar-refractivity contribution in [3.05, 3.63) is 47.5 Å². The first-order valence-electron chi connectivity index (χ1n) is 9.09. The summed E-state index contributed by atoms with van der Waals surface area (Å²) < 4.78 is 1.73. The molecule has 3 rings (SSSR count). The Kier molecular flexibility index (Phi) is 5.68. The second-order valence-corrected chi connectivity index (χ2v) is 7.08. The highest BCUT2D eigenvalue weighted by atomic mass is 16.3. The van der Waals surface area contributed by atoms with Crippen LogP contribution in [0.25, 0.3) is 0 Å². The van der Waals surface area contributed by atoms with Crippen molar-refractivity contribution in [3.63, 3.8) is 0 Å². The Morgan fingerprint density at radius 3 is 2.96 bits per heavy atom. The van der Waals surface area contributed by atoms with Crippen LogP contribution >= 0.6 is 0 Å². The Hall–Kier alpha value is -2.25. The Bertz CT molecular complexity index is 760. The smallest absolute Gasteiger partial charge is 0.256 e. The average molecular weight is 357 g/mol. The Balaban J connectivity index is 1.54. The monoisotopic (exact) mass is 357 g/mol. The maximum atomic E-state index is 12.8. The number of rotatable bonds is 7. The number of amides is 1. The lowest BCUT2D eigenvalue weighted by Crippen LogP contribution is -2.57. The number of nitrogens with one attached hydrogen (secondary N) is 1. The zero-order chi connectivity index (χ0) is 18.6. The summed E-state index contributed by atoms with van der Waals surface area (Å²) in [5.41, 5.74) is 0.938. The van der Waals surface area contributed by atoms with Gasteiger partial charge in [0, 0.05) is 39.6 Å². The Morgan fingerprint density at radius 1 is 1.38 bits per heavy atom. The molecule has 0 bridgehead atoms. The van der Waals surface area contributed by atoms with Gasteiger partial charge in [0.05, 0.1) is 0 Å². The molecule has 2 heterocycles. The maximum absolute atomic E-state index is 12.8. The molecule has 1 atom stereocenters. The van der Waals surface area contributed by atoms with Gasteiger partial charge in [-0.25, -0.2) is 4.98 Å². The number of benzene rings is 1. The van der Waals surface area contributed by atoms with Gasteiger partial charge >= 0.3 is 0 Å². The molecule has 140 valence electrons. The predicted octanol–water partition coefficient (Wildman–Crippen LogP) is 0.809. The Morgan fingerprint density at radius 2 is 2.23 bits per heavy atom. The van der Waals surface area contributed by atoms with Gasteiger partial charge in [0.15, 0.2) is 5.60 Å². The summed E-state index contributed by atoms with van der Waals surface area (Å²) in [6.45, 7) is 4.17. The number of hydrogen-bond acceptors (Lipinski definition) is 5. The fourth-order valence-corrected chi connectivity index (χ4v) is 3.45. The minimum absolute atomic E-state index is 0.184. The van der Waals surface area contributed by atoms with Gasteiger partial charge in [0.2, 0.25) is 0 Å². The van der Waals surface area contributed by atoms with E-state index in [1.54, 1.807) is 9.58 Å². The summed E-state index contributed by atoms with van der Waals surface area (Å²) in [6.07, 6.45) is 3.52. The molecule has 2 aromatic rings. The lowest BCUT2D eigenvalue weighted by atomic mass is 9.91. The second-order valence-electron chi connectivity index (χ2n) is 7.08. The number of nitrogens with zero attached hydrogens (tertiary/aromatic N) is 4. The molecule has 26 heavy (non-hydrogen) atoms. The van der Waals surface area contributed by atoms with Crippen LogP contribution in [0.15, 0.2) is 30.6 Å². The van der Waals surface area contributed by atoms with Crippen LogP contribution in [0.1, 0.15) is 29.8 Å². The van der Waals surface area contributed by atoms with E-state index in [4.69, 9.17) is 0 Å². The molecule has 1 unspecified atom stereocenters. The van der Waals surface area contributed by atoms with Crippen LogP contribution in [0.4, 0.5) is 0 Å². The topological polar surface area (TPSA) is 83.3 Å². The third-order valence-corrected chi connectivity index (χ3v) is 4.91. The molecule has 1 aliphatic rings. The van der Waals surface area contributed by atoms with Crippen molar-refractivity contribution in [1.82, 2.24) is 25.0 Å². The lowest BCUT2D eigenvalue weighted by Gasteiger charge is -2.38. The molecule has 0 radical (unpaired) electrons. The third kappa shape index (κ3) is 4.28. The van der Waals surface area contributed by atoms with Crippen molar-refractivity contribution in [3.8, 4) is 0 Å². The predicted molar refractivity (Wildman–Crippen MR) is 98.4 cm³/mol. The molecule has 1 aromatic carbocycles. The van der Waals surface area contributed by atoms with Gasteiger partial charge < -0.3 is 15.3 Å². The van der Waals surface area contributed by atoms with Crippen molar-refractivity contribution < 1.29 is 9.90 Å². The number of piperidine rings is 1. The molecular weight excluding hydrogens is 330 g/mol. The van der Waals surface area contributed by atoms with Gasteiger partial charge in [-0.3, -0.25) is 9.48 Å². The Labute approximate surface area is 154 Å². The summed E-state index contributed by atoms with van der Waals surface area (Å²) in [4.78, 5) is 18.8. The number of hydrogen-bond donors (Lipinski definition) is 2. The van der Waals surface area contributed by atoms with Gasteiger partial charge in [0.25, 0.3) is 5.91 Å². The molecule has 1 aromatic heterocycles. The number of carbonyl (C=O) groups excluding carboxylic acids is 1. The molecule has 1 amide bonds. The second kappa shape index (κ2) is 7.97. The lowest BCUT2D eigenvalue weighted by molar-refractivity contribution is -0.157. The van der Waals surface area contributed by atoms with Crippen LogP contribution in [0.5, 0.6) is 0 Å². The van der Waals surface area contributed by atoms with Crippen LogP contribution in [0.3, 0.4) is 0 Å². The molecule has 7 nitrogen and oxygen atoms in total. The molecule has 2 N–H and O–H groups in total. The number of aromatic nitrogens is 3. The van der Waals surface area contributed by atoms with Crippen molar-refractivity contribution in [1.29, 1.82) is 0 Å². The van der Waals surface area contributed by atoms with Gasteiger partial charge in [-0.1, -0.05) is 29.8 Å². The average Bonchev–Trinajstić information content (AvgIpc) is 3.01. The molecular formula is C19H27N5O2. The van der Waals surface area contributed by atoms with Crippen LogP contribution in [0.2, 0.25) is 0 Å². The number of aryl methyl sites for hydroxylation is 2. The first-order chi connectivity index (χ1) is 12.5. The van der Waals surface area contributed by atoms with E-state index in [-0.39, 0.29) is 12.5 Å². The molecule has 1 fully saturated rings. The first kappa shape index (κ1) is 18.5. The van der Waals surface area contributed by atoms with E-state index in [0.29, 0.717) is 32.5 Å². The largest absolute Gasteiger partial charge is 0.379 e. The van der Waals surface area contributed by atoms with Crippen molar-refractivity contribution in [2.45, 2.75) is 38.3 Å². The standard InChI is InChI=1S/C19H27N5O2/c1-15-5-3-6-16(11-15)12-24-10-4-8-19(26,18(24)25)13-20-9-7-17-21-14-22-23(17)2/h3,5-6,11,14,20,26H,4,7-10,12-13H2,1-2H3. The van der Waals surface area contributed by atoms with Crippen molar-refractivity contribution in [2.75, 3.05) is 19.6 Å². The minimum Gasteiger partial charge on any atom is -0.379 e. The molecule has 7 heteroatoms. The zero-order valence-corrected chi connectivity index (χ0v) is 15.5. The summed E-state index contributed by atoms with van der Waals surface area (Å²) >= 11 is 0. The van der Waals surface area contributed by atoms with E-state index in [1.165, 1.54) is 11.9 Å². The first-order valence-corrected chi connectivity index (χ1v) is 9.09. The summed E-state index contributed by atoms with van der Waals surface area (Å²) in [6, 6.07) is 8.14. The quantitative estimate of drug-likeness (QED) is 0.717. The maximum Gasteiger partial charge on any atom is 0.256 e. The van der Waals surface area contributed by atoms with Crippen LogP contribution in [-0.2, 0) is 24.8 Å². The highest BCUT2D eigenvalue weighted by Crippen LogP contribution is 2.24. The van der Waals surface area contributed by atoms with Crippen molar-refractivity contribution >= 4 is 5.91 Å². The van der Waals surface area contributed by atoms with Gasteiger partial charge in [-0.2, -0.15) is 5.10 Å². The highest BCUT2D eigenvalue weighted by Gasteiger charge is 2.41.